The fourth-order valence-corrected chi connectivity index (χ4v) is 4.33. The Morgan fingerprint density at radius 1 is 1.12 bits per heavy atom. The molecule has 3 amide bonds. The fraction of sp³-hybridized carbons (Fsp3) is 0.556. The summed E-state index contributed by atoms with van der Waals surface area (Å²) < 4.78 is 0. The van der Waals surface area contributed by atoms with Crippen molar-refractivity contribution in [3.05, 3.63) is 35.9 Å². The lowest BCUT2D eigenvalue weighted by Crippen LogP contribution is -2.59. The summed E-state index contributed by atoms with van der Waals surface area (Å²) in [6, 6.07) is 10.3. The van der Waals surface area contributed by atoms with Crippen LogP contribution in [-0.2, 0) is 10.2 Å². The SMILES string of the molecule is O=C1NC[C@H]2CN(C(=O)C3(c4ccccc4)CCNCC3)CCN12. The van der Waals surface area contributed by atoms with E-state index in [9.17, 15) is 9.59 Å². The van der Waals surface area contributed by atoms with Crippen LogP contribution in [0.15, 0.2) is 30.3 Å². The van der Waals surface area contributed by atoms with Crippen LogP contribution in [0.1, 0.15) is 18.4 Å². The lowest BCUT2D eigenvalue weighted by molar-refractivity contribution is -0.140. The zero-order valence-electron chi connectivity index (χ0n) is 13.8. The lowest BCUT2D eigenvalue weighted by Gasteiger charge is -2.44. The second-order valence-corrected chi connectivity index (χ2v) is 6.98. The van der Waals surface area contributed by atoms with E-state index >= 15 is 0 Å². The third-order valence-electron chi connectivity index (χ3n) is 5.71. The molecule has 3 saturated heterocycles. The van der Waals surface area contributed by atoms with Crippen molar-refractivity contribution in [2.45, 2.75) is 24.3 Å². The van der Waals surface area contributed by atoms with Gasteiger partial charge in [-0.25, -0.2) is 4.79 Å². The molecule has 24 heavy (non-hydrogen) atoms. The first-order valence-electron chi connectivity index (χ1n) is 8.81. The van der Waals surface area contributed by atoms with Crippen molar-refractivity contribution in [2.24, 2.45) is 0 Å². The lowest BCUT2D eigenvalue weighted by atomic mass is 9.72. The largest absolute Gasteiger partial charge is 0.338 e. The number of amides is 3. The molecule has 0 unspecified atom stereocenters. The van der Waals surface area contributed by atoms with E-state index in [1.807, 2.05) is 28.0 Å². The van der Waals surface area contributed by atoms with Crippen molar-refractivity contribution in [1.82, 2.24) is 20.4 Å². The van der Waals surface area contributed by atoms with Crippen LogP contribution < -0.4 is 10.6 Å². The van der Waals surface area contributed by atoms with Gasteiger partial charge in [0.05, 0.1) is 11.5 Å². The highest BCUT2D eigenvalue weighted by Crippen LogP contribution is 2.36. The number of urea groups is 1. The molecule has 0 aliphatic carbocycles. The summed E-state index contributed by atoms with van der Waals surface area (Å²) in [7, 11) is 0. The van der Waals surface area contributed by atoms with E-state index in [1.54, 1.807) is 0 Å². The summed E-state index contributed by atoms with van der Waals surface area (Å²) in [5.74, 6) is 0.231. The Balaban J connectivity index is 1.59. The van der Waals surface area contributed by atoms with Gasteiger partial charge in [0, 0.05) is 26.2 Å². The van der Waals surface area contributed by atoms with Crippen molar-refractivity contribution in [2.75, 3.05) is 39.3 Å². The molecule has 0 aromatic heterocycles. The third-order valence-corrected chi connectivity index (χ3v) is 5.71. The van der Waals surface area contributed by atoms with Crippen LogP contribution in [0.4, 0.5) is 4.79 Å². The van der Waals surface area contributed by atoms with Crippen LogP contribution in [0.25, 0.3) is 0 Å². The Morgan fingerprint density at radius 3 is 2.62 bits per heavy atom. The third kappa shape index (κ3) is 2.45. The molecule has 3 aliphatic rings. The Morgan fingerprint density at radius 2 is 1.88 bits per heavy atom. The summed E-state index contributed by atoms with van der Waals surface area (Å²) in [6.07, 6.45) is 1.66. The normalized spacial score (nSPS) is 26.0. The van der Waals surface area contributed by atoms with Crippen LogP contribution in [0.2, 0.25) is 0 Å². The average molecular weight is 328 g/mol. The van der Waals surface area contributed by atoms with E-state index < -0.39 is 5.41 Å². The van der Waals surface area contributed by atoms with Crippen molar-refractivity contribution in [3.63, 3.8) is 0 Å². The first-order chi connectivity index (χ1) is 11.7. The van der Waals surface area contributed by atoms with E-state index in [0.29, 0.717) is 26.2 Å². The molecular formula is C18H24N4O2. The minimum atomic E-state index is -0.426. The van der Waals surface area contributed by atoms with E-state index in [-0.39, 0.29) is 18.0 Å². The molecule has 3 heterocycles. The van der Waals surface area contributed by atoms with Crippen LogP contribution in [0, 0.1) is 0 Å². The molecule has 3 fully saturated rings. The highest BCUT2D eigenvalue weighted by Gasteiger charge is 2.46. The predicted molar refractivity (Wildman–Crippen MR) is 90.7 cm³/mol. The van der Waals surface area contributed by atoms with E-state index in [2.05, 4.69) is 22.8 Å². The second kappa shape index (κ2) is 6.09. The topological polar surface area (TPSA) is 64.7 Å². The standard InChI is InChI=1S/C18H24N4O2/c23-16(21-10-11-22-15(13-21)12-20-17(22)24)18(6-8-19-9-7-18)14-4-2-1-3-5-14/h1-5,15,19H,6-13H2,(H,20,24)/t15-/m0/s1. The van der Waals surface area contributed by atoms with Crippen molar-refractivity contribution >= 4 is 11.9 Å². The average Bonchev–Trinajstić information content (AvgIpc) is 3.03. The number of benzene rings is 1. The summed E-state index contributed by atoms with van der Waals surface area (Å²) >= 11 is 0. The summed E-state index contributed by atoms with van der Waals surface area (Å²) in [4.78, 5) is 29.1. The molecule has 4 rings (SSSR count). The smallest absolute Gasteiger partial charge is 0.317 e. The molecule has 2 N–H and O–H groups in total. The Hall–Kier alpha value is -2.08. The van der Waals surface area contributed by atoms with Gasteiger partial charge in [-0.3, -0.25) is 4.79 Å². The van der Waals surface area contributed by atoms with Crippen LogP contribution >= 0.6 is 0 Å². The highest BCUT2D eigenvalue weighted by molar-refractivity contribution is 5.89. The number of hydrogen-bond acceptors (Lipinski definition) is 3. The molecule has 1 aromatic carbocycles. The maximum Gasteiger partial charge on any atom is 0.317 e. The molecule has 6 heteroatoms. The zero-order chi connectivity index (χ0) is 16.6. The number of nitrogens with one attached hydrogen (secondary N) is 2. The molecule has 1 atom stereocenters. The van der Waals surface area contributed by atoms with Gasteiger partial charge in [-0.2, -0.15) is 0 Å². The fourth-order valence-electron chi connectivity index (χ4n) is 4.33. The zero-order valence-corrected chi connectivity index (χ0v) is 13.8. The summed E-state index contributed by atoms with van der Waals surface area (Å²) in [5.41, 5.74) is 0.699. The molecule has 0 spiro atoms. The number of piperidine rings is 1. The maximum absolute atomic E-state index is 13.5. The number of nitrogens with zero attached hydrogens (tertiary/aromatic N) is 2. The molecule has 6 nitrogen and oxygen atoms in total. The molecule has 3 aliphatic heterocycles. The van der Waals surface area contributed by atoms with Gasteiger partial charge in [0.1, 0.15) is 0 Å². The number of carbonyl (C=O) groups excluding carboxylic acids is 2. The number of rotatable bonds is 2. The highest BCUT2D eigenvalue weighted by atomic mass is 16.2. The molecule has 128 valence electrons. The number of carbonyl (C=O) groups is 2. The Labute approximate surface area is 142 Å². The number of hydrogen-bond donors (Lipinski definition) is 2. The van der Waals surface area contributed by atoms with Crippen molar-refractivity contribution in [1.29, 1.82) is 0 Å². The summed E-state index contributed by atoms with van der Waals surface area (Å²) in [6.45, 7) is 4.27. The Kier molecular flexibility index (Phi) is 3.92. The van der Waals surface area contributed by atoms with E-state index in [0.717, 1.165) is 31.5 Å². The van der Waals surface area contributed by atoms with Gasteiger partial charge >= 0.3 is 6.03 Å². The van der Waals surface area contributed by atoms with E-state index in [1.165, 1.54) is 0 Å². The Bertz CT molecular complexity index is 627. The number of piperazine rings is 1. The van der Waals surface area contributed by atoms with Gasteiger partial charge in [-0.1, -0.05) is 30.3 Å². The minimum absolute atomic E-state index is 0.00624. The first kappa shape index (κ1) is 15.4. The van der Waals surface area contributed by atoms with Crippen LogP contribution in [-0.4, -0.2) is 67.0 Å². The van der Waals surface area contributed by atoms with Crippen LogP contribution in [0.3, 0.4) is 0 Å². The monoisotopic (exact) mass is 328 g/mol. The molecular weight excluding hydrogens is 304 g/mol. The van der Waals surface area contributed by atoms with Gasteiger partial charge < -0.3 is 20.4 Å². The quantitative estimate of drug-likeness (QED) is 0.833. The van der Waals surface area contributed by atoms with Crippen molar-refractivity contribution in [3.8, 4) is 0 Å². The predicted octanol–water partition coefficient (Wildman–Crippen LogP) is 0.544. The minimum Gasteiger partial charge on any atom is -0.338 e. The van der Waals surface area contributed by atoms with Crippen molar-refractivity contribution < 1.29 is 9.59 Å². The van der Waals surface area contributed by atoms with Gasteiger partial charge in [-0.15, -0.1) is 0 Å². The number of fused-ring (bicyclic) bond motifs is 1. The maximum atomic E-state index is 13.5. The van der Waals surface area contributed by atoms with Gasteiger partial charge in [0.15, 0.2) is 0 Å². The van der Waals surface area contributed by atoms with Gasteiger partial charge in [0.2, 0.25) is 5.91 Å². The van der Waals surface area contributed by atoms with Gasteiger partial charge in [-0.05, 0) is 31.5 Å². The second-order valence-electron chi connectivity index (χ2n) is 6.98. The summed E-state index contributed by atoms with van der Waals surface area (Å²) in [5, 5.41) is 6.26. The van der Waals surface area contributed by atoms with E-state index in [4.69, 9.17) is 0 Å². The molecule has 0 saturated carbocycles. The first-order valence-corrected chi connectivity index (χ1v) is 8.81. The molecule has 0 bridgehead atoms. The van der Waals surface area contributed by atoms with Crippen LogP contribution in [0.5, 0.6) is 0 Å². The molecule has 0 radical (unpaired) electrons. The molecule has 1 aromatic rings. The van der Waals surface area contributed by atoms with Gasteiger partial charge in [0.25, 0.3) is 0 Å².